The predicted molar refractivity (Wildman–Crippen MR) is 86.4 cm³/mol. The Kier molecular flexibility index (Phi) is 5.70. The molecule has 0 spiro atoms. The molecule has 120 valence electrons. The Bertz CT molecular complexity index is 686. The fourth-order valence-electron chi connectivity index (χ4n) is 1.88. The van der Waals surface area contributed by atoms with Gasteiger partial charge in [0.1, 0.15) is 0 Å². The van der Waals surface area contributed by atoms with Crippen molar-refractivity contribution < 1.29 is 19.1 Å². The van der Waals surface area contributed by atoms with Crippen LogP contribution in [-0.4, -0.2) is 18.5 Å². The van der Waals surface area contributed by atoms with E-state index in [2.05, 4.69) is 21.2 Å². The normalized spacial score (nSPS) is 11.6. The van der Waals surface area contributed by atoms with Gasteiger partial charge in [-0.05, 0) is 24.6 Å². The molecule has 6 nitrogen and oxygen atoms in total. The van der Waals surface area contributed by atoms with Crippen molar-refractivity contribution in [2.45, 2.75) is 13.0 Å². The molecule has 0 aliphatic carbocycles. The van der Waals surface area contributed by atoms with E-state index in [-0.39, 0.29) is 18.2 Å². The summed E-state index contributed by atoms with van der Waals surface area (Å²) in [5, 5.41) is 13.6. The van der Waals surface area contributed by atoms with Gasteiger partial charge < -0.3 is 15.3 Å². The lowest BCUT2D eigenvalue weighted by Crippen LogP contribution is -2.31. The quantitative estimate of drug-likeness (QED) is 0.490. The van der Waals surface area contributed by atoms with Gasteiger partial charge >= 0.3 is 5.97 Å². The van der Waals surface area contributed by atoms with Crippen LogP contribution in [0.4, 0.5) is 0 Å². The maximum Gasteiger partial charge on any atom is 0.339 e. The first kappa shape index (κ1) is 17.0. The van der Waals surface area contributed by atoms with Crippen molar-refractivity contribution >= 4 is 27.8 Å². The van der Waals surface area contributed by atoms with Crippen LogP contribution < -0.4 is 10.0 Å². The van der Waals surface area contributed by atoms with Crippen molar-refractivity contribution in [3.8, 4) is 0 Å². The van der Waals surface area contributed by atoms with Crippen LogP contribution in [0.3, 0.4) is 0 Å². The SMILES string of the molecule is C[C@H](NC(=O)COC(=O)c1cc[n+]([O-])cc1)c1ccc(Br)cc1. The van der Waals surface area contributed by atoms with Crippen LogP contribution in [0.2, 0.25) is 0 Å². The Hall–Kier alpha value is -2.41. The fourth-order valence-corrected chi connectivity index (χ4v) is 2.15. The molecule has 7 heteroatoms. The predicted octanol–water partition coefficient (Wildman–Crippen LogP) is 2.12. The lowest BCUT2D eigenvalue weighted by molar-refractivity contribution is -0.605. The highest BCUT2D eigenvalue weighted by atomic mass is 79.9. The summed E-state index contributed by atoms with van der Waals surface area (Å²) < 4.78 is 6.43. The second-order valence-electron chi connectivity index (χ2n) is 4.86. The molecule has 0 bridgehead atoms. The van der Waals surface area contributed by atoms with Crippen LogP contribution in [0, 0.1) is 5.21 Å². The summed E-state index contributed by atoms with van der Waals surface area (Å²) in [7, 11) is 0. The van der Waals surface area contributed by atoms with E-state index in [1.807, 2.05) is 31.2 Å². The third kappa shape index (κ3) is 5.07. The average Bonchev–Trinajstić information content (AvgIpc) is 2.54. The van der Waals surface area contributed by atoms with Crippen molar-refractivity contribution in [2.24, 2.45) is 0 Å². The third-order valence-electron chi connectivity index (χ3n) is 3.12. The number of carbonyl (C=O) groups is 2. The summed E-state index contributed by atoms with van der Waals surface area (Å²) in [4.78, 5) is 23.6. The van der Waals surface area contributed by atoms with Crippen molar-refractivity contribution in [1.29, 1.82) is 0 Å². The average molecular weight is 379 g/mol. The molecule has 2 rings (SSSR count). The first-order valence-electron chi connectivity index (χ1n) is 6.86. The molecule has 0 saturated heterocycles. The van der Waals surface area contributed by atoms with Gasteiger partial charge in [0.15, 0.2) is 19.0 Å². The van der Waals surface area contributed by atoms with Crippen LogP contribution in [-0.2, 0) is 9.53 Å². The number of carbonyl (C=O) groups excluding carboxylic acids is 2. The number of pyridine rings is 1. The minimum Gasteiger partial charge on any atom is -0.619 e. The van der Waals surface area contributed by atoms with E-state index in [0.717, 1.165) is 10.0 Å². The smallest absolute Gasteiger partial charge is 0.339 e. The highest BCUT2D eigenvalue weighted by molar-refractivity contribution is 9.10. The van der Waals surface area contributed by atoms with Gasteiger partial charge in [-0.3, -0.25) is 4.79 Å². The van der Waals surface area contributed by atoms with Crippen LogP contribution >= 0.6 is 15.9 Å². The van der Waals surface area contributed by atoms with E-state index < -0.39 is 11.9 Å². The molecule has 1 N–H and O–H groups in total. The van der Waals surface area contributed by atoms with Crippen molar-refractivity contribution in [3.05, 3.63) is 69.6 Å². The second kappa shape index (κ2) is 7.73. The molecule has 1 atom stereocenters. The maximum absolute atomic E-state index is 11.8. The Labute approximate surface area is 141 Å². The summed E-state index contributed by atoms with van der Waals surface area (Å²) in [5.74, 6) is -1.05. The van der Waals surface area contributed by atoms with Crippen LogP contribution in [0.25, 0.3) is 0 Å². The number of nitrogens with one attached hydrogen (secondary N) is 1. The van der Waals surface area contributed by atoms with Crippen LogP contribution in [0.5, 0.6) is 0 Å². The summed E-state index contributed by atoms with van der Waals surface area (Å²) in [6.07, 6.45) is 2.37. The van der Waals surface area contributed by atoms with Gasteiger partial charge in [-0.15, -0.1) is 0 Å². The number of ether oxygens (including phenoxy) is 1. The van der Waals surface area contributed by atoms with Gasteiger partial charge in [0.05, 0.1) is 11.6 Å². The lowest BCUT2D eigenvalue weighted by Gasteiger charge is -2.14. The number of halogens is 1. The Balaban J connectivity index is 1.83. The molecule has 2 aromatic rings. The minimum atomic E-state index is -0.656. The number of benzene rings is 1. The Morgan fingerprint density at radius 2 is 1.83 bits per heavy atom. The standard InChI is InChI=1S/C16H15BrN2O4/c1-11(12-2-4-14(17)5-3-12)18-15(20)10-23-16(21)13-6-8-19(22)9-7-13/h2-9,11H,10H2,1H3,(H,18,20)/t11-/m0/s1. The van der Waals surface area contributed by atoms with Crippen molar-refractivity contribution in [2.75, 3.05) is 6.61 Å². The molecule has 0 radical (unpaired) electrons. The number of hydrogen-bond donors (Lipinski definition) is 1. The van der Waals surface area contributed by atoms with Gasteiger partial charge in [0.25, 0.3) is 5.91 Å². The van der Waals surface area contributed by atoms with E-state index in [1.54, 1.807) is 0 Å². The van der Waals surface area contributed by atoms with Gasteiger partial charge in [0, 0.05) is 16.6 Å². The largest absolute Gasteiger partial charge is 0.619 e. The van der Waals surface area contributed by atoms with E-state index in [4.69, 9.17) is 4.74 Å². The van der Waals surface area contributed by atoms with Gasteiger partial charge in [-0.1, -0.05) is 28.1 Å². The first-order valence-corrected chi connectivity index (χ1v) is 7.66. The Morgan fingerprint density at radius 3 is 2.43 bits per heavy atom. The molecule has 0 saturated carbocycles. The number of rotatable bonds is 5. The minimum absolute atomic E-state index is 0.203. The summed E-state index contributed by atoms with van der Waals surface area (Å²) in [6.45, 7) is 1.46. The molecule has 23 heavy (non-hydrogen) atoms. The third-order valence-corrected chi connectivity index (χ3v) is 3.65. The lowest BCUT2D eigenvalue weighted by atomic mass is 10.1. The molecule has 0 fully saturated rings. The second-order valence-corrected chi connectivity index (χ2v) is 5.78. The van der Waals surface area contributed by atoms with Crippen LogP contribution in [0.15, 0.2) is 53.3 Å². The molecule has 1 aromatic carbocycles. The zero-order valence-electron chi connectivity index (χ0n) is 12.4. The number of hydrogen-bond acceptors (Lipinski definition) is 4. The van der Waals surface area contributed by atoms with Crippen molar-refractivity contribution in [3.63, 3.8) is 0 Å². The summed E-state index contributed by atoms with van der Waals surface area (Å²) in [5.41, 5.74) is 1.15. The van der Waals surface area contributed by atoms with E-state index >= 15 is 0 Å². The Morgan fingerprint density at radius 1 is 1.22 bits per heavy atom. The molecule has 0 aliphatic rings. The van der Waals surface area contributed by atoms with Gasteiger partial charge in [-0.25, -0.2) is 4.79 Å². The highest BCUT2D eigenvalue weighted by Crippen LogP contribution is 2.16. The van der Waals surface area contributed by atoms with Crippen LogP contribution in [0.1, 0.15) is 28.9 Å². The molecule has 1 aromatic heterocycles. The number of aromatic nitrogens is 1. The molecular weight excluding hydrogens is 364 g/mol. The highest BCUT2D eigenvalue weighted by Gasteiger charge is 2.13. The first-order chi connectivity index (χ1) is 11.0. The summed E-state index contributed by atoms with van der Waals surface area (Å²) in [6, 6.07) is 10.0. The summed E-state index contributed by atoms with van der Waals surface area (Å²) >= 11 is 3.35. The maximum atomic E-state index is 11.8. The zero-order valence-corrected chi connectivity index (χ0v) is 13.9. The van der Waals surface area contributed by atoms with E-state index in [1.165, 1.54) is 24.5 Å². The number of esters is 1. The molecule has 0 unspecified atom stereocenters. The fraction of sp³-hybridized carbons (Fsp3) is 0.188. The van der Waals surface area contributed by atoms with E-state index in [9.17, 15) is 14.8 Å². The number of amides is 1. The van der Waals surface area contributed by atoms with Gasteiger partial charge in [-0.2, -0.15) is 4.73 Å². The topological polar surface area (TPSA) is 82.3 Å². The van der Waals surface area contributed by atoms with Crippen molar-refractivity contribution in [1.82, 2.24) is 5.32 Å². The monoisotopic (exact) mass is 378 g/mol. The van der Waals surface area contributed by atoms with Gasteiger partial charge in [0.2, 0.25) is 0 Å². The zero-order chi connectivity index (χ0) is 16.8. The molecular formula is C16H15BrN2O4. The number of nitrogens with zero attached hydrogens (tertiary/aromatic N) is 1. The van der Waals surface area contributed by atoms with E-state index in [0.29, 0.717) is 4.73 Å². The molecule has 0 aliphatic heterocycles. The molecule has 1 amide bonds. The molecule has 1 heterocycles.